The van der Waals surface area contributed by atoms with Gasteiger partial charge in [-0.05, 0) is 19.1 Å². The van der Waals surface area contributed by atoms with E-state index >= 15 is 0 Å². The van der Waals surface area contributed by atoms with E-state index in [1.807, 2.05) is 6.92 Å². The van der Waals surface area contributed by atoms with E-state index in [-0.39, 0.29) is 11.6 Å². The molecule has 26 heavy (non-hydrogen) atoms. The molecule has 0 unspecified atom stereocenters. The van der Waals surface area contributed by atoms with Gasteiger partial charge in [-0.2, -0.15) is 5.10 Å². The lowest BCUT2D eigenvalue weighted by Crippen LogP contribution is -2.13. The molecule has 2 N–H and O–H groups in total. The Hall–Kier alpha value is -3.68. The summed E-state index contributed by atoms with van der Waals surface area (Å²) in [5.74, 6) is 0.441. The van der Waals surface area contributed by atoms with Crippen LogP contribution in [0.3, 0.4) is 0 Å². The average Bonchev–Trinajstić information content (AvgIpc) is 3.11. The van der Waals surface area contributed by atoms with Crippen LogP contribution in [-0.2, 0) is 0 Å². The number of aromatic amines is 1. The first-order chi connectivity index (χ1) is 12.6. The zero-order valence-electron chi connectivity index (χ0n) is 13.9. The number of anilines is 1. The van der Waals surface area contributed by atoms with Crippen LogP contribution in [0.15, 0.2) is 54.6 Å². The lowest BCUT2D eigenvalue weighted by atomic mass is 10.1. The molecule has 0 bridgehead atoms. The Labute approximate surface area is 149 Å². The van der Waals surface area contributed by atoms with Crippen LogP contribution in [0.5, 0.6) is 5.75 Å². The molecule has 0 atom stereocenters. The third kappa shape index (κ3) is 3.69. The number of nitro groups is 1. The minimum Gasteiger partial charge on any atom is -0.493 e. The van der Waals surface area contributed by atoms with Crippen LogP contribution in [-0.4, -0.2) is 27.6 Å². The fourth-order valence-electron chi connectivity index (χ4n) is 2.44. The van der Waals surface area contributed by atoms with Crippen LogP contribution in [0, 0.1) is 10.1 Å². The predicted octanol–water partition coefficient (Wildman–Crippen LogP) is 3.64. The van der Waals surface area contributed by atoms with Gasteiger partial charge in [-0.15, -0.1) is 0 Å². The molecule has 3 rings (SSSR count). The molecule has 1 aromatic heterocycles. The molecule has 0 spiro atoms. The molecule has 3 aromatic rings. The van der Waals surface area contributed by atoms with Gasteiger partial charge in [0.25, 0.3) is 11.6 Å². The first-order valence-corrected chi connectivity index (χ1v) is 7.92. The molecule has 1 amide bonds. The van der Waals surface area contributed by atoms with Crippen LogP contribution < -0.4 is 10.1 Å². The van der Waals surface area contributed by atoms with Crippen molar-refractivity contribution < 1.29 is 14.5 Å². The van der Waals surface area contributed by atoms with Crippen LogP contribution in [0.2, 0.25) is 0 Å². The van der Waals surface area contributed by atoms with Crippen molar-refractivity contribution in [3.8, 4) is 17.0 Å². The highest BCUT2D eigenvalue weighted by Gasteiger charge is 2.14. The Kier molecular flexibility index (Phi) is 4.93. The minimum absolute atomic E-state index is 0.0201. The summed E-state index contributed by atoms with van der Waals surface area (Å²) in [5.41, 5.74) is 1.53. The van der Waals surface area contributed by atoms with Gasteiger partial charge >= 0.3 is 0 Å². The van der Waals surface area contributed by atoms with Crippen LogP contribution in [0.4, 0.5) is 11.5 Å². The Bertz CT molecular complexity index is 952. The molecule has 132 valence electrons. The summed E-state index contributed by atoms with van der Waals surface area (Å²) < 4.78 is 5.45. The first-order valence-electron chi connectivity index (χ1n) is 7.92. The van der Waals surface area contributed by atoms with Crippen LogP contribution in [0.1, 0.15) is 17.3 Å². The number of ether oxygens (including phenoxy) is 1. The molecule has 8 nitrogen and oxygen atoms in total. The van der Waals surface area contributed by atoms with Gasteiger partial charge in [-0.25, -0.2) is 0 Å². The van der Waals surface area contributed by atoms with Gasteiger partial charge in [0.15, 0.2) is 5.82 Å². The van der Waals surface area contributed by atoms with E-state index in [2.05, 4.69) is 15.5 Å². The molecular weight excluding hydrogens is 336 g/mol. The number of benzene rings is 2. The highest BCUT2D eigenvalue weighted by atomic mass is 16.6. The fraction of sp³-hybridized carbons (Fsp3) is 0.111. The van der Waals surface area contributed by atoms with E-state index in [1.54, 1.807) is 42.5 Å². The Morgan fingerprint density at radius 3 is 2.81 bits per heavy atom. The normalized spacial score (nSPS) is 10.3. The summed E-state index contributed by atoms with van der Waals surface area (Å²) in [6.07, 6.45) is 0. The van der Waals surface area contributed by atoms with Crippen molar-refractivity contribution in [2.24, 2.45) is 0 Å². The van der Waals surface area contributed by atoms with Crippen molar-refractivity contribution in [3.63, 3.8) is 0 Å². The zero-order chi connectivity index (χ0) is 18.5. The van der Waals surface area contributed by atoms with Crippen LogP contribution >= 0.6 is 0 Å². The lowest BCUT2D eigenvalue weighted by molar-refractivity contribution is -0.384. The van der Waals surface area contributed by atoms with Crippen molar-refractivity contribution in [3.05, 3.63) is 70.3 Å². The minimum atomic E-state index is -0.465. The van der Waals surface area contributed by atoms with Gasteiger partial charge in [-0.3, -0.25) is 20.0 Å². The fourth-order valence-corrected chi connectivity index (χ4v) is 2.44. The number of nitrogens with zero attached hydrogens (tertiary/aromatic N) is 2. The van der Waals surface area contributed by atoms with Gasteiger partial charge in [0.2, 0.25) is 0 Å². The highest BCUT2D eigenvalue weighted by Crippen LogP contribution is 2.25. The number of carbonyl (C=O) groups is 1. The Balaban J connectivity index is 1.80. The standard InChI is InChI=1S/C18H16N4O4/c1-2-26-16-9-4-3-8-14(16)18(23)19-17-11-15(20-21-17)12-6-5-7-13(10-12)22(24)25/h3-11H,2H2,1H3,(H2,19,20,21,23). The molecule has 0 fully saturated rings. The number of amides is 1. The highest BCUT2D eigenvalue weighted by molar-refractivity contribution is 6.05. The second-order valence-corrected chi connectivity index (χ2v) is 5.36. The SMILES string of the molecule is CCOc1ccccc1C(=O)Nc1cc(-c2cccc([N+](=O)[O-])c2)[nH]n1. The molecule has 1 heterocycles. The summed E-state index contributed by atoms with van der Waals surface area (Å²) in [4.78, 5) is 22.9. The van der Waals surface area contributed by atoms with Crippen molar-refractivity contribution in [2.75, 3.05) is 11.9 Å². The van der Waals surface area contributed by atoms with Crippen molar-refractivity contribution in [2.45, 2.75) is 6.92 Å². The quantitative estimate of drug-likeness (QED) is 0.520. The molecule has 0 aliphatic carbocycles. The summed E-state index contributed by atoms with van der Waals surface area (Å²) in [6.45, 7) is 2.29. The van der Waals surface area contributed by atoms with E-state index in [0.29, 0.717) is 35.0 Å². The van der Waals surface area contributed by atoms with Gasteiger partial charge in [-0.1, -0.05) is 24.3 Å². The Morgan fingerprint density at radius 1 is 1.23 bits per heavy atom. The maximum Gasteiger partial charge on any atom is 0.270 e. The summed E-state index contributed by atoms with van der Waals surface area (Å²) in [5, 5.41) is 20.4. The summed E-state index contributed by atoms with van der Waals surface area (Å²) in [6, 6.07) is 14.7. The molecule has 0 aliphatic rings. The van der Waals surface area contributed by atoms with E-state index in [1.165, 1.54) is 12.1 Å². The smallest absolute Gasteiger partial charge is 0.270 e. The topological polar surface area (TPSA) is 110 Å². The third-order valence-electron chi connectivity index (χ3n) is 3.62. The Morgan fingerprint density at radius 2 is 2.04 bits per heavy atom. The van der Waals surface area contributed by atoms with Crippen molar-refractivity contribution in [1.82, 2.24) is 10.2 Å². The molecule has 0 radical (unpaired) electrons. The molecule has 0 saturated carbocycles. The number of para-hydroxylation sites is 1. The van der Waals surface area contributed by atoms with Crippen LogP contribution in [0.25, 0.3) is 11.3 Å². The average molecular weight is 352 g/mol. The second kappa shape index (κ2) is 7.47. The first kappa shape index (κ1) is 17.2. The number of carbonyl (C=O) groups excluding carboxylic acids is 1. The van der Waals surface area contributed by atoms with Crippen molar-refractivity contribution in [1.29, 1.82) is 0 Å². The number of rotatable bonds is 6. The third-order valence-corrected chi connectivity index (χ3v) is 3.62. The van der Waals surface area contributed by atoms with E-state index in [9.17, 15) is 14.9 Å². The number of H-pyrrole nitrogens is 1. The summed E-state index contributed by atoms with van der Waals surface area (Å²) >= 11 is 0. The predicted molar refractivity (Wildman–Crippen MR) is 96.2 cm³/mol. The lowest BCUT2D eigenvalue weighted by Gasteiger charge is -2.08. The molecule has 0 saturated heterocycles. The maximum atomic E-state index is 12.5. The van der Waals surface area contributed by atoms with Gasteiger partial charge in [0, 0.05) is 23.8 Å². The number of nitrogens with one attached hydrogen (secondary N) is 2. The van der Waals surface area contributed by atoms with Gasteiger partial charge < -0.3 is 10.1 Å². The largest absolute Gasteiger partial charge is 0.493 e. The number of hydrogen-bond donors (Lipinski definition) is 2. The molecule has 8 heteroatoms. The molecule has 2 aromatic carbocycles. The molecule has 0 aliphatic heterocycles. The second-order valence-electron chi connectivity index (χ2n) is 5.36. The zero-order valence-corrected chi connectivity index (χ0v) is 13.9. The monoisotopic (exact) mass is 352 g/mol. The maximum absolute atomic E-state index is 12.5. The number of hydrogen-bond acceptors (Lipinski definition) is 5. The number of aromatic nitrogens is 2. The van der Waals surface area contributed by atoms with E-state index in [0.717, 1.165) is 0 Å². The number of non-ortho nitro benzene ring substituents is 1. The van der Waals surface area contributed by atoms with Crippen molar-refractivity contribution >= 4 is 17.4 Å². The van der Waals surface area contributed by atoms with E-state index < -0.39 is 4.92 Å². The number of nitro benzene ring substituents is 1. The molecular formula is C18H16N4O4. The van der Waals surface area contributed by atoms with Gasteiger partial charge in [0.1, 0.15) is 5.75 Å². The van der Waals surface area contributed by atoms with E-state index in [4.69, 9.17) is 4.74 Å². The van der Waals surface area contributed by atoms with Gasteiger partial charge in [0.05, 0.1) is 22.8 Å². The summed E-state index contributed by atoms with van der Waals surface area (Å²) in [7, 11) is 0.